The number of carboxylic acids is 2. The van der Waals surface area contributed by atoms with Gasteiger partial charge in [0.25, 0.3) is 0 Å². The number of aliphatic hydroxyl groups is 2. The molecule has 0 radical (unpaired) electrons. The van der Waals surface area contributed by atoms with Gasteiger partial charge in [-0.3, -0.25) is 19.7 Å². The first kappa shape index (κ1) is 18.6. The van der Waals surface area contributed by atoms with Gasteiger partial charge < -0.3 is 31.5 Å². The summed E-state index contributed by atoms with van der Waals surface area (Å²) in [4.78, 5) is 29.5. The molecule has 0 aliphatic rings. The summed E-state index contributed by atoms with van der Waals surface area (Å²) < 4.78 is 0. The summed E-state index contributed by atoms with van der Waals surface area (Å²) in [6.45, 7) is -0.695. The van der Waals surface area contributed by atoms with Gasteiger partial charge in [-0.25, -0.2) is 0 Å². The highest BCUT2D eigenvalue weighted by atomic mass is 16.5. The van der Waals surface area contributed by atoms with Crippen molar-refractivity contribution >= 4 is 17.8 Å². The van der Waals surface area contributed by atoms with E-state index in [4.69, 9.17) is 20.4 Å². The monoisotopic (exact) mass is 267 g/mol. The fourth-order valence-corrected chi connectivity index (χ4v) is 0.601. The lowest BCUT2D eigenvalue weighted by atomic mass is 10.5. The number of primary amides is 1. The zero-order valence-electron chi connectivity index (χ0n) is 9.50. The Morgan fingerprint density at radius 3 is 1.72 bits per heavy atom. The molecule has 0 atom stereocenters. The van der Waals surface area contributed by atoms with Crippen molar-refractivity contribution in [3.8, 4) is 0 Å². The predicted molar refractivity (Wildman–Crippen MR) is 58.4 cm³/mol. The number of hydrogen-bond donors (Lipinski definition) is 7. The SMILES string of the molecule is NC(=O)CNCC(=O)O.O=C(O)CNCC(O)O. The Hall–Kier alpha value is -1.75. The number of nitrogens with two attached hydrogens (primary N) is 1. The average Bonchev–Trinajstić information content (AvgIpc) is 2.15. The Morgan fingerprint density at radius 1 is 0.944 bits per heavy atom. The number of amides is 1. The summed E-state index contributed by atoms with van der Waals surface area (Å²) in [5.74, 6) is -2.58. The Labute approximate surface area is 102 Å². The molecule has 0 fully saturated rings. The van der Waals surface area contributed by atoms with Crippen LogP contribution in [0.3, 0.4) is 0 Å². The number of hydrogen-bond acceptors (Lipinski definition) is 7. The summed E-state index contributed by atoms with van der Waals surface area (Å²) in [5, 5.41) is 36.9. The molecule has 0 aliphatic carbocycles. The maximum atomic E-state index is 9.95. The second-order valence-electron chi connectivity index (χ2n) is 2.97. The number of carbonyl (C=O) groups excluding carboxylic acids is 1. The van der Waals surface area contributed by atoms with E-state index in [9.17, 15) is 14.4 Å². The normalized spacial score (nSPS) is 9.50. The van der Waals surface area contributed by atoms with Crippen LogP contribution in [0.15, 0.2) is 0 Å². The highest BCUT2D eigenvalue weighted by Gasteiger charge is 1.98. The van der Waals surface area contributed by atoms with Gasteiger partial charge in [-0.1, -0.05) is 0 Å². The first-order valence-corrected chi connectivity index (χ1v) is 4.75. The van der Waals surface area contributed by atoms with Gasteiger partial charge >= 0.3 is 11.9 Å². The fraction of sp³-hybridized carbons (Fsp3) is 0.625. The summed E-state index contributed by atoms with van der Waals surface area (Å²) in [7, 11) is 0. The molecule has 10 nitrogen and oxygen atoms in total. The lowest BCUT2D eigenvalue weighted by Crippen LogP contribution is -2.32. The van der Waals surface area contributed by atoms with Gasteiger partial charge in [-0.15, -0.1) is 0 Å². The number of carboxylic acid groups (broad SMARTS) is 2. The van der Waals surface area contributed by atoms with Crippen LogP contribution >= 0.6 is 0 Å². The van der Waals surface area contributed by atoms with Crippen molar-refractivity contribution in [3.63, 3.8) is 0 Å². The third-order valence-electron chi connectivity index (χ3n) is 1.18. The molecule has 0 saturated heterocycles. The molecule has 18 heavy (non-hydrogen) atoms. The molecule has 1 amide bonds. The van der Waals surface area contributed by atoms with E-state index in [0.717, 1.165) is 0 Å². The molecule has 0 heterocycles. The Balaban J connectivity index is 0. The third kappa shape index (κ3) is 23.8. The number of carbonyl (C=O) groups is 3. The van der Waals surface area contributed by atoms with Crippen LogP contribution in [0.4, 0.5) is 0 Å². The summed E-state index contributed by atoms with van der Waals surface area (Å²) in [5.41, 5.74) is 4.68. The number of nitrogens with one attached hydrogen (secondary N) is 2. The molecule has 0 aliphatic heterocycles. The lowest BCUT2D eigenvalue weighted by Gasteiger charge is -2.01. The molecule has 106 valence electrons. The van der Waals surface area contributed by atoms with Crippen molar-refractivity contribution in [2.75, 3.05) is 26.2 Å². The van der Waals surface area contributed by atoms with Crippen molar-refractivity contribution in [2.45, 2.75) is 6.29 Å². The second-order valence-corrected chi connectivity index (χ2v) is 2.97. The minimum Gasteiger partial charge on any atom is -0.480 e. The van der Waals surface area contributed by atoms with E-state index in [1.165, 1.54) is 0 Å². The number of aliphatic hydroxyl groups excluding tert-OH is 1. The lowest BCUT2D eigenvalue weighted by molar-refractivity contribution is -0.137. The molecule has 10 heteroatoms. The maximum Gasteiger partial charge on any atom is 0.317 e. The zero-order chi connectivity index (χ0) is 14.6. The van der Waals surface area contributed by atoms with Crippen LogP contribution in [-0.4, -0.2) is 70.7 Å². The van der Waals surface area contributed by atoms with E-state index in [1.54, 1.807) is 0 Å². The number of aliphatic carboxylic acids is 2. The molecular formula is C8H17N3O7. The second kappa shape index (κ2) is 11.7. The first-order chi connectivity index (χ1) is 8.25. The van der Waals surface area contributed by atoms with Crippen LogP contribution in [0, 0.1) is 0 Å². The molecule has 0 aromatic carbocycles. The van der Waals surface area contributed by atoms with Gasteiger partial charge in [-0.05, 0) is 0 Å². The molecule has 0 aromatic heterocycles. The summed E-state index contributed by atoms with van der Waals surface area (Å²) in [6.07, 6.45) is -1.48. The third-order valence-corrected chi connectivity index (χ3v) is 1.18. The molecule has 0 aromatic rings. The molecule has 0 bridgehead atoms. The van der Waals surface area contributed by atoms with Crippen LogP contribution in [0.2, 0.25) is 0 Å². The Morgan fingerprint density at radius 2 is 1.39 bits per heavy atom. The van der Waals surface area contributed by atoms with Gasteiger partial charge in [0, 0.05) is 6.54 Å². The minimum atomic E-state index is -1.48. The topological polar surface area (TPSA) is 182 Å². The molecule has 0 spiro atoms. The molecule has 0 saturated carbocycles. The molecule has 0 rings (SSSR count). The van der Waals surface area contributed by atoms with E-state index < -0.39 is 24.1 Å². The van der Waals surface area contributed by atoms with Gasteiger partial charge in [0.15, 0.2) is 6.29 Å². The highest BCUT2D eigenvalue weighted by Crippen LogP contribution is 1.68. The van der Waals surface area contributed by atoms with Gasteiger partial charge in [-0.2, -0.15) is 0 Å². The maximum absolute atomic E-state index is 9.95. The highest BCUT2D eigenvalue weighted by molar-refractivity contribution is 5.77. The Kier molecular flexibility index (Phi) is 12.1. The molecule has 0 unspecified atom stereocenters. The van der Waals surface area contributed by atoms with E-state index in [1.807, 2.05) is 0 Å². The summed E-state index contributed by atoms with van der Waals surface area (Å²) >= 11 is 0. The van der Waals surface area contributed by atoms with Crippen LogP contribution in [0.25, 0.3) is 0 Å². The molecular weight excluding hydrogens is 250 g/mol. The standard InChI is InChI=1S/C4H8N2O3.C4H9NO4/c5-3(7)1-6-2-4(8)9;6-3(7)1-5-2-4(8)9/h6H,1-2H2,(H2,5,7)(H,8,9);3,5-7H,1-2H2,(H,8,9). The van der Waals surface area contributed by atoms with Crippen LogP contribution < -0.4 is 16.4 Å². The number of rotatable bonds is 8. The summed E-state index contributed by atoms with van der Waals surface area (Å²) in [6, 6.07) is 0. The Bertz CT molecular complexity index is 255. The predicted octanol–water partition coefficient (Wildman–Crippen LogP) is -3.88. The smallest absolute Gasteiger partial charge is 0.317 e. The van der Waals surface area contributed by atoms with Crippen LogP contribution in [-0.2, 0) is 14.4 Å². The van der Waals surface area contributed by atoms with Crippen molar-refractivity contribution in [1.29, 1.82) is 0 Å². The quantitative estimate of drug-likeness (QED) is 0.216. The minimum absolute atomic E-state index is 0.0910. The molecule has 8 N–H and O–H groups in total. The van der Waals surface area contributed by atoms with Crippen molar-refractivity contribution in [2.24, 2.45) is 5.73 Å². The zero-order valence-corrected chi connectivity index (χ0v) is 9.50. The van der Waals surface area contributed by atoms with Gasteiger partial charge in [0.05, 0.1) is 19.6 Å². The van der Waals surface area contributed by atoms with Crippen LogP contribution in [0.1, 0.15) is 0 Å². The largest absolute Gasteiger partial charge is 0.480 e. The average molecular weight is 267 g/mol. The van der Waals surface area contributed by atoms with E-state index in [2.05, 4.69) is 16.4 Å². The van der Waals surface area contributed by atoms with E-state index in [0.29, 0.717) is 0 Å². The van der Waals surface area contributed by atoms with Crippen LogP contribution in [0.5, 0.6) is 0 Å². The van der Waals surface area contributed by atoms with E-state index in [-0.39, 0.29) is 26.2 Å². The van der Waals surface area contributed by atoms with Crippen molar-refractivity contribution < 1.29 is 34.8 Å². The van der Waals surface area contributed by atoms with Gasteiger partial charge in [0.1, 0.15) is 0 Å². The van der Waals surface area contributed by atoms with Crippen molar-refractivity contribution in [3.05, 3.63) is 0 Å². The fourth-order valence-electron chi connectivity index (χ4n) is 0.601. The van der Waals surface area contributed by atoms with Gasteiger partial charge in [0.2, 0.25) is 5.91 Å². The first-order valence-electron chi connectivity index (χ1n) is 4.75. The van der Waals surface area contributed by atoms with Crippen molar-refractivity contribution in [1.82, 2.24) is 10.6 Å². The van der Waals surface area contributed by atoms with E-state index >= 15 is 0 Å².